The Bertz CT molecular complexity index is 962. The van der Waals surface area contributed by atoms with Crippen LogP contribution in [0.25, 0.3) is 0 Å². The molecule has 0 saturated heterocycles. The number of furan rings is 1. The maximum atomic E-state index is 12.9. The van der Waals surface area contributed by atoms with Crippen molar-refractivity contribution < 1.29 is 13.9 Å². The van der Waals surface area contributed by atoms with E-state index in [1.807, 2.05) is 73.6 Å². The monoisotopic (exact) mass is 361 g/mol. The highest BCUT2D eigenvalue weighted by Crippen LogP contribution is 2.43. The summed E-state index contributed by atoms with van der Waals surface area (Å²) in [4.78, 5) is 14.8. The van der Waals surface area contributed by atoms with Crippen molar-refractivity contribution in [2.45, 2.75) is 5.92 Å². The summed E-state index contributed by atoms with van der Waals surface area (Å²) in [7, 11) is 3.78. The molecule has 27 heavy (non-hydrogen) atoms. The Balaban J connectivity index is 1.57. The third-order valence-electron chi connectivity index (χ3n) is 4.36. The molecule has 0 aliphatic carbocycles. The minimum absolute atomic E-state index is 0.228. The topological polar surface area (TPSA) is 67.1 Å². The number of hydrogen-bond donors (Lipinski definition) is 1. The van der Waals surface area contributed by atoms with Gasteiger partial charge in [-0.05, 0) is 18.2 Å². The van der Waals surface area contributed by atoms with Crippen LogP contribution in [0.5, 0.6) is 11.5 Å². The second kappa shape index (κ2) is 6.99. The smallest absolute Gasteiger partial charge is 0.252 e. The number of fused-ring (bicyclic) bond motifs is 2. The van der Waals surface area contributed by atoms with Crippen LogP contribution in [0.2, 0.25) is 0 Å². The summed E-state index contributed by atoms with van der Waals surface area (Å²) in [5.41, 5.74) is 4.26. The van der Waals surface area contributed by atoms with Gasteiger partial charge >= 0.3 is 0 Å². The van der Waals surface area contributed by atoms with Gasteiger partial charge in [-0.15, -0.1) is 0 Å². The molecule has 6 nitrogen and oxygen atoms in total. The van der Waals surface area contributed by atoms with Gasteiger partial charge in [0.2, 0.25) is 0 Å². The first-order chi connectivity index (χ1) is 13.1. The second-order valence-corrected chi connectivity index (χ2v) is 6.42. The van der Waals surface area contributed by atoms with Crippen LogP contribution in [-0.2, 0) is 4.79 Å². The van der Waals surface area contributed by atoms with Crippen molar-refractivity contribution in [2.75, 3.05) is 19.0 Å². The van der Waals surface area contributed by atoms with Crippen molar-refractivity contribution in [1.29, 1.82) is 0 Å². The molecule has 4 rings (SSSR count). The van der Waals surface area contributed by atoms with Crippen LogP contribution in [0.15, 0.2) is 70.2 Å². The fourth-order valence-electron chi connectivity index (χ4n) is 3.07. The lowest BCUT2D eigenvalue weighted by Gasteiger charge is -2.26. The lowest BCUT2D eigenvalue weighted by atomic mass is 9.87. The molecule has 0 bridgehead atoms. The highest BCUT2D eigenvalue weighted by atomic mass is 16.5. The lowest BCUT2D eigenvalue weighted by Crippen LogP contribution is -2.28. The van der Waals surface area contributed by atoms with E-state index in [-0.39, 0.29) is 5.91 Å². The minimum atomic E-state index is -0.489. The zero-order valence-electron chi connectivity index (χ0n) is 15.0. The third-order valence-corrected chi connectivity index (χ3v) is 4.36. The van der Waals surface area contributed by atoms with E-state index in [0.29, 0.717) is 17.3 Å². The summed E-state index contributed by atoms with van der Waals surface area (Å²) >= 11 is 0. The number of anilines is 1. The van der Waals surface area contributed by atoms with Gasteiger partial charge in [-0.25, -0.2) is 5.43 Å². The quantitative estimate of drug-likeness (QED) is 0.568. The molecule has 0 saturated carbocycles. The number of hydrazone groups is 1. The highest BCUT2D eigenvalue weighted by Gasteiger charge is 2.32. The lowest BCUT2D eigenvalue weighted by molar-refractivity contribution is -0.121. The number of nitrogens with zero attached hydrogens (tertiary/aromatic N) is 2. The van der Waals surface area contributed by atoms with Crippen LogP contribution >= 0.6 is 0 Å². The average molecular weight is 361 g/mol. The minimum Gasteiger partial charge on any atom is -0.457 e. The van der Waals surface area contributed by atoms with Crippen LogP contribution in [0.3, 0.4) is 0 Å². The van der Waals surface area contributed by atoms with Crippen molar-refractivity contribution in [3.63, 3.8) is 0 Å². The van der Waals surface area contributed by atoms with E-state index < -0.39 is 5.92 Å². The second-order valence-electron chi connectivity index (χ2n) is 6.42. The molecule has 1 aliphatic rings. The van der Waals surface area contributed by atoms with Crippen LogP contribution in [0.4, 0.5) is 5.88 Å². The number of rotatable bonds is 4. The molecular weight excluding hydrogens is 342 g/mol. The molecule has 0 atom stereocenters. The number of para-hydroxylation sites is 2. The van der Waals surface area contributed by atoms with Gasteiger partial charge in [-0.1, -0.05) is 36.4 Å². The van der Waals surface area contributed by atoms with Gasteiger partial charge in [0.05, 0.1) is 12.1 Å². The van der Waals surface area contributed by atoms with E-state index in [1.54, 1.807) is 6.07 Å². The number of amides is 1. The van der Waals surface area contributed by atoms with Crippen LogP contribution in [-0.4, -0.2) is 26.2 Å². The molecule has 2 heterocycles. The molecule has 0 fully saturated rings. The predicted molar refractivity (Wildman–Crippen MR) is 104 cm³/mol. The molecule has 3 aromatic rings. The highest BCUT2D eigenvalue weighted by molar-refractivity contribution is 5.90. The molecule has 1 amide bonds. The summed E-state index contributed by atoms with van der Waals surface area (Å²) in [6.07, 6.45) is 1.49. The van der Waals surface area contributed by atoms with Crippen molar-refractivity contribution in [3.8, 4) is 11.5 Å². The number of carbonyl (C=O) groups is 1. The van der Waals surface area contributed by atoms with Gasteiger partial charge in [0.25, 0.3) is 5.91 Å². The molecule has 1 N–H and O–H groups in total. The number of ether oxygens (including phenoxy) is 1. The van der Waals surface area contributed by atoms with Gasteiger partial charge in [0, 0.05) is 31.3 Å². The zero-order valence-corrected chi connectivity index (χ0v) is 15.0. The molecule has 1 aromatic heterocycles. The maximum absolute atomic E-state index is 12.9. The number of hydrogen-bond acceptors (Lipinski definition) is 5. The fourth-order valence-corrected chi connectivity index (χ4v) is 3.07. The normalized spacial score (nSPS) is 13.0. The molecule has 1 aliphatic heterocycles. The molecule has 6 heteroatoms. The van der Waals surface area contributed by atoms with Crippen molar-refractivity contribution in [3.05, 3.63) is 77.6 Å². The standard InChI is InChI=1S/C21H19N3O3/c1-24(2)19-12-11-14(26-19)13-22-23-21(25)20-15-7-3-5-9-17(15)27-18-10-6-4-8-16(18)20/h3-13,20H,1-2H3,(H,23,25). The van der Waals surface area contributed by atoms with Crippen LogP contribution in [0, 0.1) is 0 Å². The van der Waals surface area contributed by atoms with E-state index in [9.17, 15) is 4.79 Å². The predicted octanol–water partition coefficient (Wildman–Crippen LogP) is 3.73. The van der Waals surface area contributed by atoms with Gasteiger partial charge in [-0.3, -0.25) is 4.79 Å². The van der Waals surface area contributed by atoms with E-state index in [0.717, 1.165) is 17.0 Å². The summed E-state index contributed by atoms with van der Waals surface area (Å²) < 4.78 is 11.5. The molecular formula is C21H19N3O3. The molecule has 0 spiro atoms. The SMILES string of the molecule is CN(C)c1ccc(C=NNC(=O)C2c3ccccc3Oc3ccccc32)o1. The van der Waals surface area contributed by atoms with E-state index in [1.165, 1.54) is 6.21 Å². The average Bonchev–Trinajstić information content (AvgIpc) is 3.15. The van der Waals surface area contributed by atoms with E-state index in [2.05, 4.69) is 10.5 Å². The third kappa shape index (κ3) is 3.29. The first kappa shape index (κ1) is 16.9. The zero-order chi connectivity index (χ0) is 18.8. The van der Waals surface area contributed by atoms with Crippen molar-refractivity contribution >= 4 is 18.0 Å². The van der Waals surface area contributed by atoms with E-state index in [4.69, 9.17) is 9.15 Å². The summed E-state index contributed by atoms with van der Waals surface area (Å²) in [5, 5.41) is 4.06. The molecule has 0 unspecified atom stereocenters. The Labute approximate surface area is 157 Å². The maximum Gasteiger partial charge on any atom is 0.252 e. The summed E-state index contributed by atoms with van der Waals surface area (Å²) in [6, 6.07) is 18.7. The Kier molecular flexibility index (Phi) is 4.38. The van der Waals surface area contributed by atoms with E-state index >= 15 is 0 Å². The number of benzene rings is 2. The summed E-state index contributed by atoms with van der Waals surface area (Å²) in [5.74, 6) is 1.93. The van der Waals surface area contributed by atoms with Gasteiger partial charge < -0.3 is 14.1 Å². The molecule has 136 valence electrons. The Morgan fingerprint density at radius 2 is 1.63 bits per heavy atom. The number of nitrogens with one attached hydrogen (secondary N) is 1. The molecule has 2 aromatic carbocycles. The van der Waals surface area contributed by atoms with Gasteiger partial charge in [0.15, 0.2) is 5.88 Å². The fraction of sp³-hybridized carbons (Fsp3) is 0.143. The van der Waals surface area contributed by atoms with Crippen molar-refractivity contribution in [2.24, 2.45) is 5.10 Å². The Morgan fingerprint density at radius 1 is 1.00 bits per heavy atom. The van der Waals surface area contributed by atoms with Crippen molar-refractivity contribution in [1.82, 2.24) is 5.43 Å². The first-order valence-corrected chi connectivity index (χ1v) is 8.59. The number of carbonyl (C=O) groups excluding carboxylic acids is 1. The Hall–Kier alpha value is -3.54. The molecule has 0 radical (unpaired) electrons. The van der Waals surface area contributed by atoms with Gasteiger partial charge in [-0.2, -0.15) is 5.10 Å². The first-order valence-electron chi connectivity index (χ1n) is 8.59. The summed E-state index contributed by atoms with van der Waals surface area (Å²) in [6.45, 7) is 0. The van der Waals surface area contributed by atoms with Crippen LogP contribution < -0.4 is 15.1 Å². The van der Waals surface area contributed by atoms with Gasteiger partial charge in [0.1, 0.15) is 17.3 Å². The Morgan fingerprint density at radius 3 is 2.22 bits per heavy atom. The van der Waals surface area contributed by atoms with Crippen LogP contribution in [0.1, 0.15) is 22.8 Å². The largest absolute Gasteiger partial charge is 0.457 e.